The molecule has 1 saturated heterocycles. The molecule has 3 nitrogen and oxygen atoms in total. The van der Waals surface area contributed by atoms with E-state index in [0.29, 0.717) is 24.1 Å². The third-order valence-corrected chi connectivity index (χ3v) is 4.10. The zero-order chi connectivity index (χ0) is 14.2. The summed E-state index contributed by atoms with van der Waals surface area (Å²) in [5.74, 6) is -0.681. The summed E-state index contributed by atoms with van der Waals surface area (Å²) in [4.78, 5) is 2.49. The van der Waals surface area contributed by atoms with Crippen molar-refractivity contribution in [3.05, 3.63) is 23.7 Å². The number of nitrogens with one attached hydrogen (secondary N) is 1. The van der Waals surface area contributed by atoms with Gasteiger partial charge in [-0.2, -0.15) is 8.78 Å². The van der Waals surface area contributed by atoms with Crippen LogP contribution in [0.15, 0.2) is 16.5 Å². The molecule has 0 atom stereocenters. The molecule has 1 fully saturated rings. The summed E-state index contributed by atoms with van der Waals surface area (Å²) in [6.45, 7) is 5.26. The van der Waals surface area contributed by atoms with Gasteiger partial charge < -0.3 is 14.6 Å². The van der Waals surface area contributed by atoms with Gasteiger partial charge in [-0.25, -0.2) is 0 Å². The molecule has 1 aliphatic heterocycles. The molecule has 0 unspecified atom stereocenters. The van der Waals surface area contributed by atoms with Crippen LogP contribution in [0.1, 0.15) is 30.8 Å². The predicted octanol–water partition coefficient (Wildman–Crippen LogP) is 3.31. The molecule has 0 radical (unpaired) electrons. The summed E-state index contributed by atoms with van der Waals surface area (Å²) < 4.78 is 29.6. The third kappa shape index (κ3) is 5.81. The van der Waals surface area contributed by atoms with Crippen molar-refractivity contribution >= 4 is 11.8 Å². The van der Waals surface area contributed by atoms with E-state index < -0.39 is 5.76 Å². The molecule has 2 heterocycles. The average Bonchev–Trinajstić information content (AvgIpc) is 3.07. The van der Waals surface area contributed by atoms with Gasteiger partial charge in [-0.1, -0.05) is 11.8 Å². The van der Waals surface area contributed by atoms with Gasteiger partial charge in [-0.3, -0.25) is 0 Å². The zero-order valence-corrected chi connectivity index (χ0v) is 12.4. The summed E-state index contributed by atoms with van der Waals surface area (Å²) in [5.41, 5.74) is 0. The van der Waals surface area contributed by atoms with Gasteiger partial charge in [-0.05, 0) is 57.6 Å². The van der Waals surface area contributed by atoms with E-state index in [2.05, 4.69) is 10.2 Å². The Labute approximate surface area is 123 Å². The highest BCUT2D eigenvalue weighted by molar-refractivity contribution is 7.98. The summed E-state index contributed by atoms with van der Waals surface area (Å²) in [6, 6.07) is 3.63. The van der Waals surface area contributed by atoms with Gasteiger partial charge in [0.1, 0.15) is 11.5 Å². The van der Waals surface area contributed by atoms with Crippen molar-refractivity contribution in [2.45, 2.75) is 37.3 Å². The second kappa shape index (κ2) is 8.64. The lowest BCUT2D eigenvalue weighted by atomic mass is 10.3. The highest BCUT2D eigenvalue weighted by Crippen LogP contribution is 2.21. The third-order valence-electron chi connectivity index (χ3n) is 3.39. The van der Waals surface area contributed by atoms with Crippen LogP contribution in [-0.2, 0) is 12.3 Å². The molecule has 6 heteroatoms. The molecule has 114 valence electrons. The highest BCUT2D eigenvalue weighted by atomic mass is 32.2. The number of furan rings is 1. The minimum atomic E-state index is -2.34. The Kier molecular flexibility index (Phi) is 6.82. The van der Waals surface area contributed by atoms with Gasteiger partial charge in [0.05, 0.1) is 12.3 Å². The van der Waals surface area contributed by atoms with Crippen LogP contribution >= 0.6 is 11.8 Å². The maximum atomic E-state index is 12.0. The fraction of sp³-hybridized carbons (Fsp3) is 0.714. The van der Waals surface area contributed by atoms with Gasteiger partial charge in [0.2, 0.25) is 0 Å². The van der Waals surface area contributed by atoms with Crippen molar-refractivity contribution in [1.82, 2.24) is 10.2 Å². The zero-order valence-electron chi connectivity index (χ0n) is 11.6. The predicted molar refractivity (Wildman–Crippen MR) is 78.0 cm³/mol. The van der Waals surface area contributed by atoms with Crippen molar-refractivity contribution in [1.29, 1.82) is 0 Å². The summed E-state index contributed by atoms with van der Waals surface area (Å²) in [5, 5.41) is 3.33. The summed E-state index contributed by atoms with van der Waals surface area (Å²) in [7, 11) is 0. The molecular weight excluding hydrogens is 282 g/mol. The van der Waals surface area contributed by atoms with E-state index in [1.165, 1.54) is 25.9 Å². The largest absolute Gasteiger partial charge is 0.464 e. The van der Waals surface area contributed by atoms with E-state index >= 15 is 0 Å². The molecule has 20 heavy (non-hydrogen) atoms. The highest BCUT2D eigenvalue weighted by Gasteiger charge is 2.10. The molecule has 0 saturated carbocycles. The lowest BCUT2D eigenvalue weighted by molar-refractivity contribution is 0.251. The molecule has 2 rings (SSSR count). The lowest BCUT2D eigenvalue weighted by Crippen LogP contribution is -2.24. The second-order valence-electron chi connectivity index (χ2n) is 5.02. The van der Waals surface area contributed by atoms with Crippen LogP contribution in [0, 0.1) is 0 Å². The van der Waals surface area contributed by atoms with E-state index in [1.807, 2.05) is 6.07 Å². The molecule has 1 N–H and O–H groups in total. The van der Waals surface area contributed by atoms with Crippen LogP contribution in [0.25, 0.3) is 0 Å². The van der Waals surface area contributed by atoms with Gasteiger partial charge in [0.15, 0.2) is 0 Å². The van der Waals surface area contributed by atoms with Crippen LogP contribution in [0.3, 0.4) is 0 Å². The number of rotatable bonds is 9. The van der Waals surface area contributed by atoms with Gasteiger partial charge in [0, 0.05) is 0 Å². The van der Waals surface area contributed by atoms with Crippen molar-refractivity contribution in [2.24, 2.45) is 0 Å². The molecular formula is C14H22F2N2OS. The van der Waals surface area contributed by atoms with Crippen molar-refractivity contribution in [3.8, 4) is 0 Å². The molecule has 0 amide bonds. The van der Waals surface area contributed by atoms with E-state index in [0.717, 1.165) is 25.3 Å². The standard InChI is InChI=1S/C14H22F2N2OS/c15-14(16)20-11-13-5-4-12(19-13)10-17-6-3-9-18-7-1-2-8-18/h4-5,14,17H,1-3,6-11H2. The Morgan fingerprint density at radius 3 is 2.75 bits per heavy atom. The summed E-state index contributed by atoms with van der Waals surface area (Å²) >= 11 is 0.591. The van der Waals surface area contributed by atoms with Crippen molar-refractivity contribution in [3.63, 3.8) is 0 Å². The van der Waals surface area contributed by atoms with E-state index in [9.17, 15) is 8.78 Å². The first-order valence-corrected chi connectivity index (χ1v) is 8.19. The minimum absolute atomic E-state index is 0.229. The van der Waals surface area contributed by atoms with Crippen molar-refractivity contribution in [2.75, 3.05) is 26.2 Å². The fourth-order valence-electron chi connectivity index (χ4n) is 2.39. The number of halogens is 2. The molecule has 0 spiro atoms. The Morgan fingerprint density at radius 1 is 1.25 bits per heavy atom. The number of hydrogen-bond acceptors (Lipinski definition) is 4. The molecule has 0 aromatic carbocycles. The van der Waals surface area contributed by atoms with Gasteiger partial charge >= 0.3 is 0 Å². The van der Waals surface area contributed by atoms with Gasteiger partial charge in [-0.15, -0.1) is 0 Å². The Bertz CT molecular complexity index is 381. The van der Waals surface area contributed by atoms with E-state index in [-0.39, 0.29) is 5.75 Å². The first kappa shape index (κ1) is 15.8. The average molecular weight is 304 g/mol. The Balaban J connectivity index is 1.54. The fourth-order valence-corrected chi connectivity index (χ4v) is 2.83. The topological polar surface area (TPSA) is 28.4 Å². The number of thioether (sulfide) groups is 1. The minimum Gasteiger partial charge on any atom is -0.464 e. The van der Waals surface area contributed by atoms with Crippen molar-refractivity contribution < 1.29 is 13.2 Å². The molecule has 1 aromatic heterocycles. The maximum absolute atomic E-state index is 12.0. The SMILES string of the molecule is FC(F)SCc1ccc(CNCCCN2CCCC2)o1. The number of likely N-dealkylation sites (tertiary alicyclic amines) is 1. The Hall–Kier alpha value is -0.590. The Morgan fingerprint density at radius 2 is 2.00 bits per heavy atom. The number of alkyl halides is 2. The quantitative estimate of drug-likeness (QED) is 0.709. The van der Waals surface area contributed by atoms with Crippen LogP contribution < -0.4 is 5.32 Å². The number of hydrogen-bond donors (Lipinski definition) is 1. The lowest BCUT2D eigenvalue weighted by Gasteiger charge is -2.13. The monoisotopic (exact) mass is 304 g/mol. The first-order valence-electron chi connectivity index (χ1n) is 7.14. The normalized spacial score (nSPS) is 16.4. The van der Waals surface area contributed by atoms with E-state index in [1.54, 1.807) is 6.07 Å². The molecule has 1 aliphatic rings. The smallest absolute Gasteiger partial charge is 0.284 e. The molecule has 0 bridgehead atoms. The van der Waals surface area contributed by atoms with Crippen LogP contribution in [0.5, 0.6) is 0 Å². The van der Waals surface area contributed by atoms with Crippen LogP contribution in [0.2, 0.25) is 0 Å². The van der Waals surface area contributed by atoms with Gasteiger partial charge in [0.25, 0.3) is 5.76 Å². The second-order valence-corrected chi connectivity index (χ2v) is 6.00. The number of nitrogens with zero attached hydrogens (tertiary/aromatic N) is 1. The van der Waals surface area contributed by atoms with Crippen LogP contribution in [0.4, 0.5) is 8.78 Å². The first-order chi connectivity index (χ1) is 9.74. The summed E-state index contributed by atoms with van der Waals surface area (Å²) in [6.07, 6.45) is 3.80. The maximum Gasteiger partial charge on any atom is 0.284 e. The van der Waals surface area contributed by atoms with Crippen LogP contribution in [-0.4, -0.2) is 36.8 Å². The molecule has 0 aliphatic carbocycles. The van der Waals surface area contributed by atoms with E-state index in [4.69, 9.17) is 4.42 Å². The molecule has 1 aromatic rings.